The predicted molar refractivity (Wildman–Crippen MR) is 66.1 cm³/mol. The molecule has 3 nitrogen and oxygen atoms in total. The van der Waals surface area contributed by atoms with Crippen LogP contribution in [-0.4, -0.2) is 9.97 Å². The van der Waals surface area contributed by atoms with Crippen LogP contribution in [0.25, 0.3) is 11.4 Å². The minimum absolute atomic E-state index is 0.602. The summed E-state index contributed by atoms with van der Waals surface area (Å²) in [4.78, 5) is 9.01. The molecule has 3 rings (SSSR count). The van der Waals surface area contributed by atoms with Crippen LogP contribution in [0.5, 0.6) is 0 Å². The van der Waals surface area contributed by atoms with Gasteiger partial charge in [-0.25, -0.2) is 9.97 Å². The number of furan rings is 1. The van der Waals surface area contributed by atoms with Gasteiger partial charge in [0.1, 0.15) is 10.9 Å². The second kappa shape index (κ2) is 4.15. The van der Waals surface area contributed by atoms with Crippen molar-refractivity contribution in [3.8, 4) is 11.4 Å². The summed E-state index contributed by atoms with van der Waals surface area (Å²) in [5, 5.41) is 0.602. The number of halogens is 1. The van der Waals surface area contributed by atoms with E-state index in [0.717, 1.165) is 35.4 Å². The van der Waals surface area contributed by atoms with Gasteiger partial charge in [0, 0.05) is 11.3 Å². The highest BCUT2D eigenvalue weighted by atomic mass is 35.5. The number of rotatable bonds is 1. The maximum Gasteiger partial charge on any atom is 0.164 e. The largest absolute Gasteiger partial charge is 0.469 e. The predicted octanol–water partition coefficient (Wildman–Crippen LogP) is 3.58. The summed E-state index contributed by atoms with van der Waals surface area (Å²) in [6.07, 6.45) is 6.02. The van der Waals surface area contributed by atoms with Gasteiger partial charge in [-0.05, 0) is 38.7 Å². The van der Waals surface area contributed by atoms with Gasteiger partial charge in [0.25, 0.3) is 0 Å². The van der Waals surface area contributed by atoms with E-state index in [4.69, 9.17) is 16.0 Å². The third kappa shape index (κ3) is 1.84. The molecule has 17 heavy (non-hydrogen) atoms. The number of aromatic nitrogens is 2. The van der Waals surface area contributed by atoms with Crippen molar-refractivity contribution < 1.29 is 4.42 Å². The van der Waals surface area contributed by atoms with E-state index >= 15 is 0 Å². The molecule has 0 unspecified atom stereocenters. The zero-order valence-electron chi connectivity index (χ0n) is 9.66. The molecule has 2 heterocycles. The molecule has 0 fully saturated rings. The third-order valence-corrected chi connectivity index (χ3v) is 3.55. The van der Waals surface area contributed by atoms with Crippen LogP contribution in [0.1, 0.15) is 29.9 Å². The number of hydrogen-bond donors (Lipinski definition) is 0. The Bertz CT molecular complexity index is 563. The highest BCUT2D eigenvalue weighted by molar-refractivity contribution is 6.30. The molecule has 0 aliphatic heterocycles. The Morgan fingerprint density at radius 1 is 1.24 bits per heavy atom. The van der Waals surface area contributed by atoms with Crippen LogP contribution in [0.15, 0.2) is 16.7 Å². The van der Waals surface area contributed by atoms with Gasteiger partial charge >= 0.3 is 0 Å². The highest BCUT2D eigenvalue weighted by Crippen LogP contribution is 2.29. The second-order valence-electron chi connectivity index (χ2n) is 4.36. The van der Waals surface area contributed by atoms with Crippen molar-refractivity contribution in [3.05, 3.63) is 34.5 Å². The topological polar surface area (TPSA) is 38.9 Å². The number of nitrogens with zero attached hydrogens (tertiary/aromatic N) is 2. The molecule has 2 aromatic heterocycles. The molecule has 1 aliphatic carbocycles. The van der Waals surface area contributed by atoms with Gasteiger partial charge in [0.15, 0.2) is 5.82 Å². The summed E-state index contributed by atoms with van der Waals surface area (Å²) in [6.45, 7) is 1.91. The van der Waals surface area contributed by atoms with E-state index in [2.05, 4.69) is 9.97 Å². The first-order valence-electron chi connectivity index (χ1n) is 5.85. The summed E-state index contributed by atoms with van der Waals surface area (Å²) < 4.78 is 5.28. The lowest BCUT2D eigenvalue weighted by atomic mass is 9.97. The van der Waals surface area contributed by atoms with Crippen molar-refractivity contribution in [2.75, 3.05) is 0 Å². The summed E-state index contributed by atoms with van der Waals surface area (Å²) in [6, 6.07) is 1.89. The highest BCUT2D eigenvalue weighted by Gasteiger charge is 2.18. The van der Waals surface area contributed by atoms with E-state index < -0.39 is 0 Å². The van der Waals surface area contributed by atoms with Crippen LogP contribution in [0.3, 0.4) is 0 Å². The number of fused-ring (bicyclic) bond motifs is 1. The first-order valence-corrected chi connectivity index (χ1v) is 6.23. The lowest BCUT2D eigenvalue weighted by Crippen LogP contribution is -2.08. The van der Waals surface area contributed by atoms with Crippen LogP contribution in [0.4, 0.5) is 0 Å². The number of aryl methyl sites for hydroxylation is 2. The Labute approximate surface area is 105 Å². The monoisotopic (exact) mass is 248 g/mol. The van der Waals surface area contributed by atoms with E-state index in [1.54, 1.807) is 6.26 Å². The maximum atomic E-state index is 6.23. The van der Waals surface area contributed by atoms with Crippen LogP contribution in [-0.2, 0) is 12.8 Å². The van der Waals surface area contributed by atoms with E-state index in [-0.39, 0.29) is 0 Å². The average Bonchev–Trinajstić information content (AvgIpc) is 2.75. The summed E-state index contributed by atoms with van der Waals surface area (Å²) in [7, 11) is 0. The van der Waals surface area contributed by atoms with Crippen LogP contribution < -0.4 is 0 Å². The molecule has 0 bridgehead atoms. The normalized spacial score (nSPS) is 14.7. The molecule has 88 valence electrons. The van der Waals surface area contributed by atoms with Crippen molar-refractivity contribution in [1.29, 1.82) is 0 Å². The van der Waals surface area contributed by atoms with Gasteiger partial charge in [-0.3, -0.25) is 0 Å². The van der Waals surface area contributed by atoms with Crippen molar-refractivity contribution in [1.82, 2.24) is 9.97 Å². The minimum atomic E-state index is 0.602. The van der Waals surface area contributed by atoms with Crippen molar-refractivity contribution in [2.24, 2.45) is 0 Å². The zero-order chi connectivity index (χ0) is 11.8. The minimum Gasteiger partial charge on any atom is -0.469 e. The summed E-state index contributed by atoms with van der Waals surface area (Å²) in [5.41, 5.74) is 3.16. The summed E-state index contributed by atoms with van der Waals surface area (Å²) in [5.74, 6) is 1.51. The molecular formula is C13H13ClN2O. The third-order valence-electron chi connectivity index (χ3n) is 3.23. The molecule has 2 aromatic rings. The van der Waals surface area contributed by atoms with E-state index in [1.165, 1.54) is 12.8 Å². The van der Waals surface area contributed by atoms with E-state index in [0.29, 0.717) is 11.0 Å². The standard InChI is InChI=1S/C13H13ClN2O/c1-8-9(6-7-17-8)13-15-11-5-3-2-4-10(11)12(14)16-13/h6-7H,2-5H2,1H3. The molecule has 0 amide bonds. The van der Waals surface area contributed by atoms with Gasteiger partial charge in [0.05, 0.1) is 11.8 Å². The first kappa shape index (κ1) is 10.8. The maximum absolute atomic E-state index is 6.23. The van der Waals surface area contributed by atoms with E-state index in [9.17, 15) is 0 Å². The van der Waals surface area contributed by atoms with Gasteiger partial charge in [-0.2, -0.15) is 0 Å². The Hall–Kier alpha value is -1.35. The smallest absolute Gasteiger partial charge is 0.164 e. The molecule has 0 radical (unpaired) electrons. The first-order chi connectivity index (χ1) is 8.25. The Kier molecular flexibility index (Phi) is 2.63. The molecular weight excluding hydrogens is 236 g/mol. The Morgan fingerprint density at radius 3 is 2.82 bits per heavy atom. The van der Waals surface area contributed by atoms with Gasteiger partial charge in [-0.1, -0.05) is 11.6 Å². The molecule has 0 aromatic carbocycles. The van der Waals surface area contributed by atoms with Crippen LogP contribution in [0.2, 0.25) is 5.15 Å². The number of hydrogen-bond acceptors (Lipinski definition) is 3. The van der Waals surface area contributed by atoms with E-state index in [1.807, 2.05) is 13.0 Å². The molecule has 4 heteroatoms. The molecule has 0 saturated carbocycles. The second-order valence-corrected chi connectivity index (χ2v) is 4.72. The Morgan fingerprint density at radius 2 is 2.06 bits per heavy atom. The summed E-state index contributed by atoms with van der Waals surface area (Å²) >= 11 is 6.23. The van der Waals surface area contributed by atoms with Crippen molar-refractivity contribution in [2.45, 2.75) is 32.6 Å². The fourth-order valence-corrected chi connectivity index (χ4v) is 2.57. The molecule has 0 saturated heterocycles. The van der Waals surface area contributed by atoms with Gasteiger partial charge in [0.2, 0.25) is 0 Å². The van der Waals surface area contributed by atoms with Crippen molar-refractivity contribution in [3.63, 3.8) is 0 Å². The molecule has 0 N–H and O–H groups in total. The van der Waals surface area contributed by atoms with Crippen molar-refractivity contribution >= 4 is 11.6 Å². The fraction of sp³-hybridized carbons (Fsp3) is 0.385. The Balaban J connectivity index is 2.14. The quantitative estimate of drug-likeness (QED) is 0.724. The molecule has 0 atom stereocenters. The molecule has 1 aliphatic rings. The average molecular weight is 249 g/mol. The SMILES string of the molecule is Cc1occc1-c1nc(Cl)c2c(n1)CCCC2. The molecule has 0 spiro atoms. The van der Waals surface area contributed by atoms with Crippen LogP contribution in [0, 0.1) is 6.92 Å². The van der Waals surface area contributed by atoms with Crippen LogP contribution >= 0.6 is 11.6 Å². The fourth-order valence-electron chi connectivity index (χ4n) is 2.29. The lowest BCUT2D eigenvalue weighted by Gasteiger charge is -2.16. The zero-order valence-corrected chi connectivity index (χ0v) is 10.4. The van der Waals surface area contributed by atoms with Gasteiger partial charge < -0.3 is 4.42 Å². The van der Waals surface area contributed by atoms with Gasteiger partial charge in [-0.15, -0.1) is 0 Å². The lowest BCUT2D eigenvalue weighted by molar-refractivity contribution is 0.535.